The van der Waals surface area contributed by atoms with Gasteiger partial charge in [0.25, 0.3) is 0 Å². The molecule has 0 amide bonds. The molecule has 7 rings (SSSR count). The van der Waals surface area contributed by atoms with Crippen LogP contribution in [0.2, 0.25) is 0 Å². The third-order valence-electron chi connectivity index (χ3n) is 5.95. The Labute approximate surface area is 192 Å². The van der Waals surface area contributed by atoms with Gasteiger partial charge in [-0.2, -0.15) is 0 Å². The normalized spacial score (nSPS) is 13.2. The van der Waals surface area contributed by atoms with Gasteiger partial charge < -0.3 is 9.47 Å². The summed E-state index contributed by atoms with van der Waals surface area (Å²) in [6.07, 6.45) is 3.63. The number of pyridine rings is 2. The van der Waals surface area contributed by atoms with E-state index in [-0.39, 0.29) is 0 Å². The SMILES string of the molecule is c1ccc(-c2cc(-c3ccccn3)c3c4c2Oc2ccccc2P4c2ccccc2O3)nc1. The molecule has 3 aromatic carbocycles. The largest absolute Gasteiger partial charge is 0.455 e. The fraction of sp³-hybridized carbons (Fsp3) is 0. The number of aromatic nitrogens is 2. The molecule has 0 atom stereocenters. The van der Waals surface area contributed by atoms with Crippen LogP contribution < -0.4 is 25.4 Å². The van der Waals surface area contributed by atoms with Gasteiger partial charge in [-0.1, -0.05) is 48.5 Å². The predicted octanol–water partition coefficient (Wildman–Crippen LogP) is 5.78. The van der Waals surface area contributed by atoms with Crippen LogP contribution in [-0.4, -0.2) is 9.97 Å². The maximum Gasteiger partial charge on any atom is 0.148 e. The van der Waals surface area contributed by atoms with Gasteiger partial charge in [-0.15, -0.1) is 0 Å². The van der Waals surface area contributed by atoms with E-state index in [4.69, 9.17) is 9.47 Å². The number of fused-ring (bicyclic) bond motifs is 4. The summed E-state index contributed by atoms with van der Waals surface area (Å²) in [4.78, 5) is 9.31. The number of hydrogen-bond acceptors (Lipinski definition) is 4. The first-order chi connectivity index (χ1) is 16.4. The number of para-hydroxylation sites is 2. The third kappa shape index (κ3) is 2.81. The van der Waals surface area contributed by atoms with Crippen molar-refractivity contribution in [3.05, 3.63) is 103 Å². The second-order valence-corrected chi connectivity index (χ2v) is 9.97. The highest BCUT2D eigenvalue weighted by Crippen LogP contribution is 2.56. The molecule has 0 saturated carbocycles. The van der Waals surface area contributed by atoms with E-state index in [2.05, 4.69) is 40.3 Å². The van der Waals surface area contributed by atoms with Crippen molar-refractivity contribution in [1.82, 2.24) is 9.97 Å². The van der Waals surface area contributed by atoms with E-state index in [0.717, 1.165) is 50.8 Å². The third-order valence-corrected chi connectivity index (χ3v) is 8.51. The Bertz CT molecular complexity index is 1410. The molecule has 0 N–H and O–H groups in total. The molecule has 2 aromatic heterocycles. The van der Waals surface area contributed by atoms with Crippen LogP contribution in [0.25, 0.3) is 22.5 Å². The van der Waals surface area contributed by atoms with E-state index in [0.29, 0.717) is 0 Å². The standard InChI is InChI=1S/C28H17N2O2P/c1-3-13-24-22(11-1)31-26-18(20-9-5-7-15-29-20)17-19(21-10-6-8-16-30-21)27-28(26)33(24)25-14-4-2-12-23(25)32-27/h1-17H. The molecule has 0 fully saturated rings. The zero-order chi connectivity index (χ0) is 21.8. The maximum atomic E-state index is 6.59. The fourth-order valence-corrected chi connectivity index (χ4v) is 7.15. The van der Waals surface area contributed by atoms with Gasteiger partial charge in [0.1, 0.15) is 23.0 Å². The van der Waals surface area contributed by atoms with Crippen LogP contribution in [-0.2, 0) is 0 Å². The lowest BCUT2D eigenvalue weighted by molar-refractivity contribution is 0.468. The van der Waals surface area contributed by atoms with Gasteiger partial charge in [0.2, 0.25) is 0 Å². The smallest absolute Gasteiger partial charge is 0.148 e. The van der Waals surface area contributed by atoms with E-state index in [9.17, 15) is 0 Å². The molecule has 4 heterocycles. The highest BCUT2D eigenvalue weighted by molar-refractivity contribution is 7.80. The van der Waals surface area contributed by atoms with Crippen LogP contribution in [0, 0.1) is 0 Å². The van der Waals surface area contributed by atoms with Crippen molar-refractivity contribution in [3.63, 3.8) is 0 Å². The van der Waals surface area contributed by atoms with Crippen molar-refractivity contribution >= 4 is 23.8 Å². The predicted molar refractivity (Wildman–Crippen MR) is 132 cm³/mol. The second kappa shape index (κ2) is 7.26. The Morgan fingerprint density at radius 3 is 1.52 bits per heavy atom. The average Bonchev–Trinajstić information content (AvgIpc) is 2.89. The van der Waals surface area contributed by atoms with Crippen LogP contribution in [0.1, 0.15) is 0 Å². The summed E-state index contributed by atoms with van der Waals surface area (Å²) >= 11 is 0. The molecule has 0 saturated heterocycles. The highest BCUT2D eigenvalue weighted by atomic mass is 31.1. The molecule has 0 spiro atoms. The molecule has 33 heavy (non-hydrogen) atoms. The van der Waals surface area contributed by atoms with Crippen molar-refractivity contribution in [2.75, 3.05) is 0 Å². The summed E-state index contributed by atoms with van der Waals surface area (Å²) in [7, 11) is -0.870. The summed E-state index contributed by atoms with van der Waals surface area (Å²) in [5.41, 5.74) is 3.61. The Kier molecular flexibility index (Phi) is 4.08. The van der Waals surface area contributed by atoms with Gasteiger partial charge in [-0.25, -0.2) is 0 Å². The van der Waals surface area contributed by atoms with E-state index >= 15 is 0 Å². The summed E-state index contributed by atoms with van der Waals surface area (Å²) in [5.74, 6) is 3.42. The van der Waals surface area contributed by atoms with E-state index < -0.39 is 7.92 Å². The molecule has 5 aromatic rings. The molecule has 4 nitrogen and oxygen atoms in total. The number of nitrogens with zero attached hydrogens (tertiary/aromatic N) is 2. The Hall–Kier alpha value is -4.01. The van der Waals surface area contributed by atoms with E-state index in [1.165, 1.54) is 10.6 Å². The molecule has 2 aliphatic rings. The lowest BCUT2D eigenvalue weighted by Gasteiger charge is -2.36. The molecule has 0 aliphatic carbocycles. The average molecular weight is 444 g/mol. The minimum Gasteiger partial charge on any atom is -0.455 e. The van der Waals surface area contributed by atoms with Crippen molar-refractivity contribution in [2.45, 2.75) is 0 Å². The fourth-order valence-electron chi connectivity index (χ4n) is 4.52. The van der Waals surface area contributed by atoms with Crippen molar-refractivity contribution in [2.24, 2.45) is 0 Å². The molecule has 0 unspecified atom stereocenters. The summed E-state index contributed by atoms with van der Waals surface area (Å²) in [6.45, 7) is 0. The lowest BCUT2D eigenvalue weighted by atomic mass is 10.0. The Balaban J connectivity index is 1.61. The zero-order valence-corrected chi connectivity index (χ0v) is 18.4. The van der Waals surface area contributed by atoms with E-state index in [1.807, 2.05) is 73.1 Å². The van der Waals surface area contributed by atoms with Gasteiger partial charge in [0, 0.05) is 42.1 Å². The first kappa shape index (κ1) is 18.6. The van der Waals surface area contributed by atoms with Crippen LogP contribution in [0.3, 0.4) is 0 Å². The Morgan fingerprint density at radius 2 is 1.03 bits per heavy atom. The minimum absolute atomic E-state index is 0.822. The number of benzene rings is 3. The molecule has 0 radical (unpaired) electrons. The maximum absolute atomic E-state index is 6.59. The van der Waals surface area contributed by atoms with Gasteiger partial charge in [0.05, 0.1) is 16.7 Å². The van der Waals surface area contributed by atoms with Crippen LogP contribution in [0.15, 0.2) is 103 Å². The monoisotopic (exact) mass is 444 g/mol. The van der Waals surface area contributed by atoms with Gasteiger partial charge >= 0.3 is 0 Å². The zero-order valence-electron chi connectivity index (χ0n) is 17.5. The quantitative estimate of drug-likeness (QED) is 0.317. The summed E-state index contributed by atoms with van der Waals surface area (Å²) in [6, 6.07) is 30.6. The first-order valence-corrected chi connectivity index (χ1v) is 12.1. The number of ether oxygens (including phenoxy) is 2. The van der Waals surface area contributed by atoms with Crippen molar-refractivity contribution in [1.29, 1.82) is 0 Å². The molecule has 5 heteroatoms. The molecule has 0 bridgehead atoms. The molecular formula is C28H17N2O2P. The van der Waals surface area contributed by atoms with Crippen LogP contribution in [0.4, 0.5) is 0 Å². The number of hydrogen-bond donors (Lipinski definition) is 0. The van der Waals surface area contributed by atoms with Gasteiger partial charge in [0.15, 0.2) is 0 Å². The summed E-state index contributed by atoms with van der Waals surface area (Å²) < 4.78 is 13.2. The van der Waals surface area contributed by atoms with Crippen LogP contribution in [0.5, 0.6) is 23.0 Å². The first-order valence-electron chi connectivity index (χ1n) is 10.8. The van der Waals surface area contributed by atoms with Crippen molar-refractivity contribution in [3.8, 4) is 45.5 Å². The topological polar surface area (TPSA) is 44.2 Å². The molecule has 156 valence electrons. The van der Waals surface area contributed by atoms with Gasteiger partial charge in [-0.05, 0) is 42.5 Å². The van der Waals surface area contributed by atoms with Gasteiger partial charge in [-0.3, -0.25) is 9.97 Å². The summed E-state index contributed by atoms with van der Waals surface area (Å²) in [5, 5.41) is 3.48. The number of rotatable bonds is 2. The highest BCUT2D eigenvalue weighted by Gasteiger charge is 2.40. The lowest BCUT2D eigenvalue weighted by Crippen LogP contribution is -2.32. The molecule has 2 aliphatic heterocycles. The van der Waals surface area contributed by atoms with E-state index in [1.54, 1.807) is 0 Å². The van der Waals surface area contributed by atoms with Crippen LogP contribution >= 0.6 is 7.92 Å². The molecular weight excluding hydrogens is 427 g/mol. The Morgan fingerprint density at radius 1 is 0.545 bits per heavy atom. The minimum atomic E-state index is -0.870. The van der Waals surface area contributed by atoms with Crippen molar-refractivity contribution < 1.29 is 9.47 Å². The second-order valence-electron chi connectivity index (χ2n) is 7.88.